The highest BCUT2D eigenvalue weighted by Gasteiger charge is 2.62. The van der Waals surface area contributed by atoms with Crippen molar-refractivity contribution in [3.05, 3.63) is 29.3 Å². The summed E-state index contributed by atoms with van der Waals surface area (Å²) >= 11 is 0. The number of carbonyl (C=O) groups is 1. The monoisotopic (exact) mass is 300 g/mol. The van der Waals surface area contributed by atoms with E-state index in [0.29, 0.717) is 36.6 Å². The van der Waals surface area contributed by atoms with Crippen LogP contribution in [0.3, 0.4) is 0 Å². The predicted molar refractivity (Wildman–Crippen MR) is 84.5 cm³/mol. The Bertz CT molecular complexity index is 630. The van der Waals surface area contributed by atoms with Crippen molar-refractivity contribution in [1.29, 1.82) is 0 Å². The molecule has 1 amide bonds. The van der Waals surface area contributed by atoms with Gasteiger partial charge in [-0.2, -0.15) is 0 Å². The van der Waals surface area contributed by atoms with Crippen molar-refractivity contribution in [2.75, 3.05) is 20.2 Å². The van der Waals surface area contributed by atoms with Crippen LogP contribution < -0.4 is 10.5 Å². The lowest BCUT2D eigenvalue weighted by Gasteiger charge is -2.44. The summed E-state index contributed by atoms with van der Waals surface area (Å²) in [6.45, 7) is 3.81. The van der Waals surface area contributed by atoms with Gasteiger partial charge >= 0.3 is 0 Å². The number of benzene rings is 1. The van der Waals surface area contributed by atoms with Gasteiger partial charge in [-0.25, -0.2) is 0 Å². The van der Waals surface area contributed by atoms with Gasteiger partial charge in [0.05, 0.1) is 12.6 Å². The first kappa shape index (κ1) is 14.1. The first-order chi connectivity index (χ1) is 10.6. The number of carbonyl (C=O) groups excluding carboxylic acids is 1. The lowest BCUT2D eigenvalue weighted by molar-refractivity contribution is -0.132. The van der Waals surface area contributed by atoms with Crippen LogP contribution in [0.25, 0.3) is 0 Å². The molecule has 1 spiro atoms. The van der Waals surface area contributed by atoms with Gasteiger partial charge in [-0.1, -0.05) is 13.0 Å². The standard InChI is InChI=1S/C18H24N2O2/c1-11-9-18-15-4-3-13(22-2)7-12(15)5-6-20(18)17(21)8-16(18)14(11)10-19/h3-4,7,11,14,16H,5-6,8-10,19H2,1-2H3. The summed E-state index contributed by atoms with van der Waals surface area (Å²) < 4.78 is 5.38. The molecule has 2 fully saturated rings. The van der Waals surface area contributed by atoms with Gasteiger partial charge in [0.1, 0.15) is 5.75 Å². The number of hydrogen-bond acceptors (Lipinski definition) is 3. The van der Waals surface area contributed by atoms with Crippen LogP contribution in [0.1, 0.15) is 30.9 Å². The van der Waals surface area contributed by atoms with E-state index < -0.39 is 0 Å². The molecule has 1 saturated heterocycles. The molecule has 0 bridgehead atoms. The number of hydrogen-bond donors (Lipinski definition) is 1. The normalized spacial score (nSPS) is 36.0. The predicted octanol–water partition coefficient (Wildman–Crippen LogP) is 1.91. The molecule has 4 atom stereocenters. The van der Waals surface area contributed by atoms with Crippen molar-refractivity contribution in [3.8, 4) is 5.75 Å². The van der Waals surface area contributed by atoms with E-state index in [0.717, 1.165) is 25.1 Å². The fourth-order valence-corrected chi connectivity index (χ4v) is 5.43. The maximum Gasteiger partial charge on any atom is 0.223 e. The highest BCUT2D eigenvalue weighted by Crippen LogP contribution is 2.60. The minimum absolute atomic E-state index is 0.111. The number of methoxy groups -OCH3 is 1. The van der Waals surface area contributed by atoms with Gasteiger partial charge in [0, 0.05) is 13.0 Å². The maximum absolute atomic E-state index is 12.6. The smallest absolute Gasteiger partial charge is 0.223 e. The lowest BCUT2D eigenvalue weighted by Crippen LogP contribution is -2.49. The Labute approximate surface area is 131 Å². The van der Waals surface area contributed by atoms with Gasteiger partial charge in [0.15, 0.2) is 0 Å². The summed E-state index contributed by atoms with van der Waals surface area (Å²) in [5.41, 5.74) is 8.64. The highest BCUT2D eigenvalue weighted by molar-refractivity contribution is 5.82. The van der Waals surface area contributed by atoms with Crippen LogP contribution in [0.15, 0.2) is 18.2 Å². The first-order valence-electron chi connectivity index (χ1n) is 8.29. The second-order valence-corrected chi connectivity index (χ2v) is 7.13. The van der Waals surface area contributed by atoms with Crippen molar-refractivity contribution < 1.29 is 9.53 Å². The SMILES string of the molecule is COc1ccc2c(c1)CCN1C(=O)CC3C(CN)C(C)CC231. The average Bonchev–Trinajstić information content (AvgIpc) is 2.94. The Morgan fingerprint density at radius 3 is 3.00 bits per heavy atom. The largest absolute Gasteiger partial charge is 0.497 e. The number of nitrogens with zero attached hydrogens (tertiary/aromatic N) is 1. The third-order valence-corrected chi connectivity index (χ3v) is 6.33. The Hall–Kier alpha value is -1.55. The number of ether oxygens (including phenoxy) is 1. The quantitative estimate of drug-likeness (QED) is 0.908. The van der Waals surface area contributed by atoms with Gasteiger partial charge in [-0.05, 0) is 60.4 Å². The van der Waals surface area contributed by atoms with Gasteiger partial charge in [-0.3, -0.25) is 4.79 Å². The first-order valence-corrected chi connectivity index (χ1v) is 8.29. The van der Waals surface area contributed by atoms with Crippen LogP contribution in [0, 0.1) is 17.8 Å². The minimum atomic E-state index is -0.111. The van der Waals surface area contributed by atoms with Crippen LogP contribution in [0.4, 0.5) is 0 Å². The molecule has 2 N–H and O–H groups in total. The van der Waals surface area contributed by atoms with E-state index in [-0.39, 0.29) is 5.54 Å². The molecule has 0 aromatic heterocycles. The van der Waals surface area contributed by atoms with Crippen LogP contribution in [0.5, 0.6) is 5.75 Å². The number of rotatable bonds is 2. The van der Waals surface area contributed by atoms with Gasteiger partial charge in [0.2, 0.25) is 5.91 Å². The zero-order chi connectivity index (χ0) is 15.5. The summed E-state index contributed by atoms with van der Waals surface area (Å²) in [5, 5.41) is 0. The zero-order valence-electron chi connectivity index (χ0n) is 13.3. The number of fused-ring (bicyclic) bond motifs is 1. The van der Waals surface area contributed by atoms with Crippen molar-refractivity contribution >= 4 is 5.91 Å². The fraction of sp³-hybridized carbons (Fsp3) is 0.611. The van der Waals surface area contributed by atoms with Gasteiger partial charge < -0.3 is 15.4 Å². The Morgan fingerprint density at radius 2 is 2.27 bits per heavy atom. The van der Waals surface area contributed by atoms with Crippen molar-refractivity contribution in [2.45, 2.75) is 31.7 Å². The molecule has 4 unspecified atom stereocenters. The van der Waals surface area contributed by atoms with Crippen LogP contribution in [-0.2, 0) is 16.8 Å². The third-order valence-electron chi connectivity index (χ3n) is 6.33. The average molecular weight is 300 g/mol. The molecule has 4 rings (SSSR count). The summed E-state index contributed by atoms with van der Waals surface area (Å²) in [4.78, 5) is 14.7. The molecule has 118 valence electrons. The molecule has 3 aliphatic rings. The molecular formula is C18H24N2O2. The summed E-state index contributed by atoms with van der Waals surface area (Å²) in [6.07, 6.45) is 2.64. The van der Waals surface area contributed by atoms with E-state index in [1.807, 2.05) is 6.07 Å². The van der Waals surface area contributed by atoms with Crippen LogP contribution >= 0.6 is 0 Å². The molecule has 2 aliphatic heterocycles. The third kappa shape index (κ3) is 1.59. The van der Waals surface area contributed by atoms with E-state index in [2.05, 4.69) is 24.0 Å². The van der Waals surface area contributed by atoms with Crippen molar-refractivity contribution in [1.82, 2.24) is 4.90 Å². The van der Waals surface area contributed by atoms with E-state index in [9.17, 15) is 4.79 Å². The van der Waals surface area contributed by atoms with Crippen LogP contribution in [0.2, 0.25) is 0 Å². The Morgan fingerprint density at radius 1 is 1.45 bits per heavy atom. The van der Waals surface area contributed by atoms with E-state index in [1.165, 1.54) is 11.1 Å². The van der Waals surface area contributed by atoms with Gasteiger partial charge in [0.25, 0.3) is 0 Å². The second-order valence-electron chi connectivity index (χ2n) is 7.13. The Kier molecular flexibility index (Phi) is 3.02. The topological polar surface area (TPSA) is 55.6 Å². The van der Waals surface area contributed by atoms with Crippen molar-refractivity contribution in [2.24, 2.45) is 23.5 Å². The Balaban J connectivity index is 1.88. The lowest BCUT2D eigenvalue weighted by atomic mass is 9.74. The molecule has 22 heavy (non-hydrogen) atoms. The molecule has 1 aromatic carbocycles. The summed E-state index contributed by atoms with van der Waals surface area (Å²) in [7, 11) is 1.71. The van der Waals surface area contributed by atoms with E-state index in [1.54, 1.807) is 7.11 Å². The van der Waals surface area contributed by atoms with E-state index in [4.69, 9.17) is 10.5 Å². The second kappa shape index (κ2) is 4.72. The summed E-state index contributed by atoms with van der Waals surface area (Å²) in [6, 6.07) is 6.39. The van der Waals surface area contributed by atoms with E-state index >= 15 is 0 Å². The minimum Gasteiger partial charge on any atom is -0.497 e. The zero-order valence-corrected chi connectivity index (χ0v) is 13.3. The molecule has 1 aromatic rings. The maximum atomic E-state index is 12.6. The molecule has 0 radical (unpaired) electrons. The summed E-state index contributed by atoms with van der Waals surface area (Å²) in [5.74, 6) is 2.61. The molecular weight excluding hydrogens is 276 g/mol. The van der Waals surface area contributed by atoms with Crippen LogP contribution in [-0.4, -0.2) is 31.0 Å². The molecule has 4 nitrogen and oxygen atoms in total. The highest BCUT2D eigenvalue weighted by atomic mass is 16.5. The van der Waals surface area contributed by atoms with Gasteiger partial charge in [-0.15, -0.1) is 0 Å². The number of amides is 1. The number of nitrogens with two attached hydrogens (primary N) is 1. The van der Waals surface area contributed by atoms with Crippen molar-refractivity contribution in [3.63, 3.8) is 0 Å². The molecule has 1 aliphatic carbocycles. The molecule has 2 heterocycles. The fourth-order valence-electron chi connectivity index (χ4n) is 5.43. The molecule has 1 saturated carbocycles. The molecule has 4 heteroatoms.